The number of benzene rings is 3. The van der Waals surface area contributed by atoms with Crippen LogP contribution in [0, 0.1) is 0 Å². The van der Waals surface area contributed by atoms with Crippen LogP contribution in [0.4, 0.5) is 0 Å². The van der Waals surface area contributed by atoms with E-state index >= 15 is 0 Å². The number of halogens is 1. The lowest BCUT2D eigenvalue weighted by Gasteiger charge is -2.03. The fraction of sp³-hybridized carbons (Fsp3) is 0.231. The zero-order valence-electron chi connectivity index (χ0n) is 18.2. The number of aromatic hydroxyl groups is 1. The Morgan fingerprint density at radius 1 is 0.844 bits per heavy atom. The molecule has 0 aliphatic heterocycles. The highest BCUT2D eigenvalue weighted by molar-refractivity contribution is 9.09. The van der Waals surface area contributed by atoms with Gasteiger partial charge in [0.05, 0.1) is 19.8 Å². The van der Waals surface area contributed by atoms with Gasteiger partial charge in [-0.3, -0.25) is 9.59 Å². The molecule has 0 saturated heterocycles. The number of rotatable bonds is 9. The summed E-state index contributed by atoms with van der Waals surface area (Å²) in [7, 11) is 0. The van der Waals surface area contributed by atoms with Crippen LogP contribution in [0.3, 0.4) is 0 Å². The normalized spacial score (nSPS) is 9.44. The first-order valence-corrected chi connectivity index (χ1v) is 11.3. The van der Waals surface area contributed by atoms with Crippen molar-refractivity contribution >= 4 is 28.5 Å². The molecule has 0 heterocycles. The lowest BCUT2D eigenvalue weighted by Crippen LogP contribution is -1.95. The molecule has 0 amide bonds. The van der Waals surface area contributed by atoms with Gasteiger partial charge in [-0.25, -0.2) is 0 Å². The highest BCUT2D eigenvalue weighted by Crippen LogP contribution is 2.11. The van der Waals surface area contributed by atoms with Crippen LogP contribution in [0.1, 0.15) is 39.6 Å². The fourth-order valence-corrected chi connectivity index (χ4v) is 2.54. The predicted octanol–water partition coefficient (Wildman–Crippen LogP) is 6.09. The van der Waals surface area contributed by atoms with Crippen molar-refractivity contribution in [1.82, 2.24) is 0 Å². The minimum absolute atomic E-state index is 0.125. The van der Waals surface area contributed by atoms with Crippen molar-refractivity contribution in [2.75, 3.05) is 18.5 Å². The van der Waals surface area contributed by atoms with Crippen molar-refractivity contribution in [3.63, 3.8) is 0 Å². The first-order valence-electron chi connectivity index (χ1n) is 10.2. The van der Waals surface area contributed by atoms with Crippen LogP contribution in [0.2, 0.25) is 0 Å². The van der Waals surface area contributed by atoms with Gasteiger partial charge in [0.25, 0.3) is 0 Å². The van der Waals surface area contributed by atoms with Gasteiger partial charge in [-0.1, -0.05) is 77.5 Å². The smallest absolute Gasteiger partial charge is 0.150 e. The van der Waals surface area contributed by atoms with Crippen LogP contribution in [-0.2, 0) is 11.3 Å². The van der Waals surface area contributed by atoms with Crippen molar-refractivity contribution in [1.29, 1.82) is 0 Å². The van der Waals surface area contributed by atoms with E-state index in [1.807, 2.05) is 37.3 Å². The standard InChI is InChI=1S/C10H12O2.C9H11BrO.C7H6O2/c1-2-6-12-10-5-3-4-9(7-10)8-11;10-6-7-11-8-9-4-2-1-3-5-9;8-5-6-2-1-3-7(9)4-6/h3-5,7-8H,2,6H2,1H3;1-5H,6-8H2;1-5,9H. The van der Waals surface area contributed by atoms with Gasteiger partial charge in [0.1, 0.15) is 24.1 Å². The van der Waals surface area contributed by atoms with E-state index in [4.69, 9.17) is 14.6 Å². The van der Waals surface area contributed by atoms with Gasteiger partial charge in [0.15, 0.2) is 0 Å². The number of carbonyl (C=O) groups is 2. The van der Waals surface area contributed by atoms with E-state index in [0.717, 1.165) is 30.4 Å². The van der Waals surface area contributed by atoms with Crippen molar-refractivity contribution in [2.24, 2.45) is 0 Å². The molecule has 5 nitrogen and oxygen atoms in total. The molecule has 3 rings (SSSR count). The molecule has 0 atom stereocenters. The molecule has 0 aliphatic rings. The molecule has 0 fully saturated rings. The fourth-order valence-electron chi connectivity index (χ4n) is 2.31. The second-order valence-corrected chi connectivity index (χ2v) is 7.27. The van der Waals surface area contributed by atoms with Crippen LogP contribution < -0.4 is 4.74 Å². The van der Waals surface area contributed by atoms with Gasteiger partial charge < -0.3 is 14.6 Å². The van der Waals surface area contributed by atoms with Crippen molar-refractivity contribution in [2.45, 2.75) is 20.0 Å². The lowest BCUT2D eigenvalue weighted by atomic mass is 10.2. The second-order valence-electron chi connectivity index (χ2n) is 6.48. The molecule has 3 aromatic carbocycles. The zero-order chi connectivity index (χ0) is 23.4. The van der Waals surface area contributed by atoms with Crippen LogP contribution in [0.15, 0.2) is 78.9 Å². The molecule has 0 aliphatic carbocycles. The van der Waals surface area contributed by atoms with Crippen LogP contribution in [-0.4, -0.2) is 36.2 Å². The average Bonchev–Trinajstić information content (AvgIpc) is 2.84. The Kier molecular flexibility index (Phi) is 15.0. The van der Waals surface area contributed by atoms with Gasteiger partial charge in [0.2, 0.25) is 0 Å². The number of alkyl halides is 1. The molecule has 6 heteroatoms. The number of hydrogen-bond acceptors (Lipinski definition) is 5. The van der Waals surface area contributed by atoms with Gasteiger partial charge in [-0.15, -0.1) is 0 Å². The first-order chi connectivity index (χ1) is 15.6. The van der Waals surface area contributed by atoms with E-state index in [1.165, 1.54) is 17.7 Å². The third kappa shape index (κ3) is 12.7. The Bertz CT molecular complexity index is 899. The van der Waals surface area contributed by atoms with Crippen LogP contribution in [0.25, 0.3) is 0 Å². The minimum Gasteiger partial charge on any atom is -0.508 e. The Hall–Kier alpha value is -2.96. The maximum atomic E-state index is 10.4. The maximum absolute atomic E-state index is 10.4. The van der Waals surface area contributed by atoms with Crippen molar-refractivity contribution in [3.05, 3.63) is 95.6 Å². The van der Waals surface area contributed by atoms with E-state index in [2.05, 4.69) is 28.1 Å². The third-order valence-corrected chi connectivity index (χ3v) is 4.13. The number of carbonyl (C=O) groups excluding carboxylic acids is 2. The monoisotopic (exact) mass is 500 g/mol. The second kappa shape index (κ2) is 17.7. The largest absolute Gasteiger partial charge is 0.508 e. The number of phenolic OH excluding ortho intramolecular Hbond substituents is 1. The van der Waals surface area contributed by atoms with E-state index in [9.17, 15) is 9.59 Å². The summed E-state index contributed by atoms with van der Waals surface area (Å²) < 4.78 is 10.7. The molecular weight excluding hydrogens is 472 g/mol. The molecular formula is C26H29BrO5. The molecule has 0 saturated carbocycles. The summed E-state index contributed by atoms with van der Waals surface area (Å²) in [5.74, 6) is 0.890. The Morgan fingerprint density at radius 3 is 2.06 bits per heavy atom. The van der Waals surface area contributed by atoms with Crippen molar-refractivity contribution in [3.8, 4) is 11.5 Å². The van der Waals surface area contributed by atoms with E-state index in [0.29, 0.717) is 30.6 Å². The first kappa shape index (κ1) is 27.1. The van der Waals surface area contributed by atoms with Crippen molar-refractivity contribution < 1.29 is 24.2 Å². The van der Waals surface area contributed by atoms with Gasteiger partial charge >= 0.3 is 0 Å². The number of ether oxygens (including phenoxy) is 2. The molecule has 32 heavy (non-hydrogen) atoms. The summed E-state index contributed by atoms with van der Waals surface area (Å²) in [6.45, 7) is 4.23. The highest BCUT2D eigenvalue weighted by atomic mass is 79.9. The van der Waals surface area contributed by atoms with E-state index in [-0.39, 0.29) is 5.75 Å². The van der Waals surface area contributed by atoms with Crippen LogP contribution in [0.5, 0.6) is 11.5 Å². The summed E-state index contributed by atoms with van der Waals surface area (Å²) in [5, 5.41) is 9.69. The molecule has 0 radical (unpaired) electrons. The quantitative estimate of drug-likeness (QED) is 0.218. The molecule has 0 spiro atoms. The molecule has 1 N–H and O–H groups in total. The summed E-state index contributed by atoms with van der Waals surface area (Å²) in [6.07, 6.45) is 2.49. The summed E-state index contributed by atoms with van der Waals surface area (Å²) in [5.41, 5.74) is 2.38. The highest BCUT2D eigenvalue weighted by Gasteiger charge is 1.94. The summed E-state index contributed by atoms with van der Waals surface area (Å²) in [6, 6.07) is 23.5. The summed E-state index contributed by atoms with van der Waals surface area (Å²) in [4.78, 5) is 20.4. The molecule has 0 bridgehead atoms. The van der Waals surface area contributed by atoms with Gasteiger partial charge in [0, 0.05) is 16.5 Å². The summed E-state index contributed by atoms with van der Waals surface area (Å²) >= 11 is 3.30. The molecule has 0 aromatic heterocycles. The van der Waals surface area contributed by atoms with Gasteiger partial charge in [-0.05, 0) is 36.2 Å². The zero-order valence-corrected chi connectivity index (χ0v) is 19.7. The Morgan fingerprint density at radius 2 is 1.50 bits per heavy atom. The molecule has 0 unspecified atom stereocenters. The topological polar surface area (TPSA) is 72.8 Å². The third-order valence-electron chi connectivity index (χ3n) is 3.81. The minimum atomic E-state index is 0.125. The Balaban J connectivity index is 0.000000242. The van der Waals surface area contributed by atoms with E-state index < -0.39 is 0 Å². The van der Waals surface area contributed by atoms with Crippen LogP contribution >= 0.6 is 15.9 Å². The van der Waals surface area contributed by atoms with E-state index in [1.54, 1.807) is 24.3 Å². The maximum Gasteiger partial charge on any atom is 0.150 e. The number of hydrogen-bond donors (Lipinski definition) is 1. The number of aldehydes is 2. The predicted molar refractivity (Wildman–Crippen MR) is 131 cm³/mol. The Labute approximate surface area is 198 Å². The molecule has 3 aromatic rings. The lowest BCUT2D eigenvalue weighted by molar-refractivity contribution is 0.111. The SMILES string of the molecule is BrCCOCc1ccccc1.CCCOc1cccc(C=O)c1.O=Cc1cccc(O)c1. The molecule has 170 valence electrons. The number of phenols is 1. The van der Waals surface area contributed by atoms with Gasteiger partial charge in [-0.2, -0.15) is 0 Å². The average molecular weight is 501 g/mol.